The van der Waals surface area contributed by atoms with Crippen LogP contribution in [0.5, 0.6) is 5.75 Å². The van der Waals surface area contributed by atoms with Crippen LogP contribution in [0.1, 0.15) is 17.3 Å². The molecule has 0 aliphatic heterocycles. The molecule has 0 saturated carbocycles. The van der Waals surface area contributed by atoms with Gasteiger partial charge in [0.1, 0.15) is 11.6 Å². The van der Waals surface area contributed by atoms with Crippen LogP contribution >= 0.6 is 11.6 Å². The van der Waals surface area contributed by atoms with E-state index in [1.165, 1.54) is 43.3 Å². The lowest BCUT2D eigenvalue weighted by Crippen LogP contribution is -2.30. The monoisotopic (exact) mass is 337 g/mol. The molecule has 2 aromatic rings. The smallest absolute Gasteiger partial charge is 0.335 e. The van der Waals surface area contributed by atoms with E-state index in [0.717, 1.165) is 6.07 Å². The van der Waals surface area contributed by atoms with E-state index in [2.05, 4.69) is 5.32 Å². The average molecular weight is 338 g/mol. The van der Waals surface area contributed by atoms with Crippen LogP contribution in [0.4, 0.5) is 10.1 Å². The van der Waals surface area contributed by atoms with Crippen molar-refractivity contribution in [1.29, 1.82) is 0 Å². The van der Waals surface area contributed by atoms with Gasteiger partial charge in [-0.2, -0.15) is 0 Å². The molecule has 1 atom stereocenters. The van der Waals surface area contributed by atoms with Crippen molar-refractivity contribution in [3.63, 3.8) is 0 Å². The maximum Gasteiger partial charge on any atom is 0.335 e. The van der Waals surface area contributed by atoms with Gasteiger partial charge in [0.2, 0.25) is 0 Å². The number of anilines is 1. The third kappa shape index (κ3) is 4.43. The Balaban J connectivity index is 2.00. The maximum atomic E-state index is 13.6. The van der Waals surface area contributed by atoms with Crippen molar-refractivity contribution in [3.8, 4) is 5.75 Å². The summed E-state index contributed by atoms with van der Waals surface area (Å²) in [6.45, 7) is 1.49. The van der Waals surface area contributed by atoms with E-state index in [1.54, 1.807) is 0 Å². The van der Waals surface area contributed by atoms with Gasteiger partial charge in [-0.25, -0.2) is 9.18 Å². The Labute approximate surface area is 136 Å². The van der Waals surface area contributed by atoms with Crippen molar-refractivity contribution in [3.05, 3.63) is 58.9 Å². The maximum absolute atomic E-state index is 13.6. The van der Waals surface area contributed by atoms with Crippen LogP contribution in [-0.4, -0.2) is 23.1 Å². The fourth-order valence-corrected chi connectivity index (χ4v) is 1.92. The minimum Gasteiger partial charge on any atom is -0.481 e. The zero-order valence-corrected chi connectivity index (χ0v) is 12.8. The minimum absolute atomic E-state index is 0.00363. The summed E-state index contributed by atoms with van der Waals surface area (Å²) in [6.07, 6.45) is -0.902. The quantitative estimate of drug-likeness (QED) is 0.874. The van der Waals surface area contributed by atoms with Gasteiger partial charge >= 0.3 is 5.97 Å². The van der Waals surface area contributed by atoms with Gasteiger partial charge in [-0.1, -0.05) is 11.6 Å². The lowest BCUT2D eigenvalue weighted by Gasteiger charge is -2.15. The number of nitrogens with one attached hydrogen (secondary N) is 1. The van der Waals surface area contributed by atoms with E-state index < -0.39 is 23.8 Å². The van der Waals surface area contributed by atoms with Gasteiger partial charge < -0.3 is 15.2 Å². The molecule has 120 valence electrons. The standard InChI is InChI=1S/C16H13ClFNO4/c1-9(23-12-5-2-10(3-6-12)16(21)22)15(20)19-14-7-4-11(17)8-13(14)18/h2-9H,1H3,(H,19,20)(H,21,22). The number of amides is 1. The van der Waals surface area contributed by atoms with Gasteiger partial charge in [0.05, 0.1) is 11.3 Å². The molecule has 2 rings (SSSR count). The van der Waals surface area contributed by atoms with Crippen LogP contribution < -0.4 is 10.1 Å². The van der Waals surface area contributed by atoms with Gasteiger partial charge in [-0.05, 0) is 49.4 Å². The molecule has 0 aromatic heterocycles. The molecule has 0 radical (unpaired) electrons. The Hall–Kier alpha value is -2.60. The molecule has 7 heteroatoms. The summed E-state index contributed by atoms with van der Waals surface area (Å²) in [6, 6.07) is 9.50. The molecular weight excluding hydrogens is 325 g/mol. The largest absolute Gasteiger partial charge is 0.481 e. The van der Waals surface area contributed by atoms with Gasteiger partial charge in [-0.15, -0.1) is 0 Å². The summed E-state index contributed by atoms with van der Waals surface area (Å²) in [5.41, 5.74) is 0.105. The molecule has 0 fully saturated rings. The van der Waals surface area contributed by atoms with E-state index in [9.17, 15) is 14.0 Å². The summed E-state index contributed by atoms with van der Waals surface area (Å²) < 4.78 is 19.0. The Morgan fingerprint density at radius 2 is 1.87 bits per heavy atom. The molecule has 23 heavy (non-hydrogen) atoms. The molecule has 0 spiro atoms. The summed E-state index contributed by atoms with van der Waals surface area (Å²) in [7, 11) is 0. The lowest BCUT2D eigenvalue weighted by atomic mass is 10.2. The first-order valence-corrected chi connectivity index (χ1v) is 7.00. The first kappa shape index (κ1) is 16.8. The van der Waals surface area contributed by atoms with Gasteiger partial charge in [0, 0.05) is 5.02 Å². The number of carbonyl (C=O) groups is 2. The number of carboxylic acid groups (broad SMARTS) is 1. The van der Waals surface area contributed by atoms with Crippen LogP contribution in [0.2, 0.25) is 5.02 Å². The molecule has 0 saturated heterocycles. The van der Waals surface area contributed by atoms with Crippen molar-refractivity contribution in [2.24, 2.45) is 0 Å². The molecule has 2 N–H and O–H groups in total. The molecule has 5 nitrogen and oxygen atoms in total. The van der Waals surface area contributed by atoms with E-state index in [1.807, 2.05) is 0 Å². The van der Waals surface area contributed by atoms with Gasteiger partial charge in [-0.3, -0.25) is 4.79 Å². The van der Waals surface area contributed by atoms with Crippen LogP contribution in [0.25, 0.3) is 0 Å². The number of hydrogen-bond donors (Lipinski definition) is 2. The Morgan fingerprint density at radius 3 is 2.43 bits per heavy atom. The van der Waals surface area contributed by atoms with E-state index in [-0.39, 0.29) is 16.3 Å². The van der Waals surface area contributed by atoms with Gasteiger partial charge in [0.25, 0.3) is 5.91 Å². The second-order valence-electron chi connectivity index (χ2n) is 4.70. The summed E-state index contributed by atoms with van der Waals surface area (Å²) >= 11 is 5.64. The lowest BCUT2D eigenvalue weighted by molar-refractivity contribution is -0.122. The molecule has 2 aromatic carbocycles. The highest BCUT2D eigenvalue weighted by Gasteiger charge is 2.17. The second-order valence-corrected chi connectivity index (χ2v) is 5.14. The van der Waals surface area contributed by atoms with Crippen LogP contribution in [0.3, 0.4) is 0 Å². The van der Waals surface area contributed by atoms with E-state index in [0.29, 0.717) is 5.75 Å². The van der Waals surface area contributed by atoms with Crippen molar-refractivity contribution < 1.29 is 23.8 Å². The van der Waals surface area contributed by atoms with Crippen molar-refractivity contribution in [2.45, 2.75) is 13.0 Å². The number of ether oxygens (including phenoxy) is 1. The highest BCUT2D eigenvalue weighted by molar-refractivity contribution is 6.30. The van der Waals surface area contributed by atoms with E-state index in [4.69, 9.17) is 21.4 Å². The number of halogens is 2. The number of benzene rings is 2. The number of aromatic carboxylic acids is 1. The topological polar surface area (TPSA) is 75.6 Å². The molecule has 0 aliphatic carbocycles. The highest BCUT2D eigenvalue weighted by atomic mass is 35.5. The van der Waals surface area contributed by atoms with Crippen molar-refractivity contribution in [1.82, 2.24) is 0 Å². The first-order valence-electron chi connectivity index (χ1n) is 6.63. The summed E-state index contributed by atoms with van der Waals surface area (Å²) in [4.78, 5) is 22.8. The predicted molar refractivity (Wildman–Crippen MR) is 83.5 cm³/mol. The summed E-state index contributed by atoms with van der Waals surface area (Å²) in [5.74, 6) is -1.92. The van der Waals surface area contributed by atoms with Crippen LogP contribution in [0, 0.1) is 5.82 Å². The highest BCUT2D eigenvalue weighted by Crippen LogP contribution is 2.20. The second kappa shape index (κ2) is 7.11. The zero-order chi connectivity index (χ0) is 17.0. The predicted octanol–water partition coefficient (Wildman–Crippen LogP) is 3.58. The Bertz CT molecular complexity index is 733. The first-order chi connectivity index (χ1) is 10.9. The molecule has 1 amide bonds. The third-order valence-corrected chi connectivity index (χ3v) is 3.21. The van der Waals surface area contributed by atoms with E-state index >= 15 is 0 Å². The Morgan fingerprint density at radius 1 is 1.22 bits per heavy atom. The van der Waals surface area contributed by atoms with Crippen molar-refractivity contribution in [2.75, 3.05) is 5.32 Å². The number of carboxylic acids is 1. The number of rotatable bonds is 5. The number of carbonyl (C=O) groups excluding carboxylic acids is 1. The average Bonchev–Trinajstić information content (AvgIpc) is 2.50. The third-order valence-electron chi connectivity index (χ3n) is 2.97. The van der Waals surface area contributed by atoms with Crippen LogP contribution in [0.15, 0.2) is 42.5 Å². The van der Waals surface area contributed by atoms with Crippen LogP contribution in [-0.2, 0) is 4.79 Å². The normalized spacial score (nSPS) is 11.6. The van der Waals surface area contributed by atoms with Gasteiger partial charge in [0.15, 0.2) is 6.10 Å². The zero-order valence-electron chi connectivity index (χ0n) is 12.0. The molecule has 0 heterocycles. The fraction of sp³-hybridized carbons (Fsp3) is 0.125. The van der Waals surface area contributed by atoms with Crippen molar-refractivity contribution >= 4 is 29.2 Å². The molecular formula is C16H13ClFNO4. The Kier molecular flexibility index (Phi) is 5.18. The molecule has 1 unspecified atom stereocenters. The number of hydrogen-bond acceptors (Lipinski definition) is 3. The SMILES string of the molecule is CC(Oc1ccc(C(=O)O)cc1)C(=O)Nc1ccc(Cl)cc1F. The molecule has 0 aliphatic rings. The summed E-state index contributed by atoms with van der Waals surface area (Å²) in [5, 5.41) is 11.4. The fourth-order valence-electron chi connectivity index (χ4n) is 1.76. The minimum atomic E-state index is -1.06. The molecule has 0 bridgehead atoms.